The van der Waals surface area contributed by atoms with Crippen LogP contribution in [0, 0.1) is 0 Å². The quantitative estimate of drug-likeness (QED) is 0.294. The van der Waals surface area contributed by atoms with Crippen molar-refractivity contribution in [3.05, 3.63) is 103 Å². The largest absolute Gasteiger partial charge is 0.872 e. The van der Waals surface area contributed by atoms with Gasteiger partial charge in [-0.05, 0) is 0 Å². The third-order valence-corrected chi connectivity index (χ3v) is 11.4. The summed E-state index contributed by atoms with van der Waals surface area (Å²) >= 11 is -0.707. The van der Waals surface area contributed by atoms with Crippen molar-refractivity contribution in [3.8, 4) is 11.5 Å². The first-order valence-corrected chi connectivity index (χ1v) is 15.7. The first-order valence-electron chi connectivity index (χ1n) is 12.1. The Hall–Kier alpha value is -2.13. The fourth-order valence-electron chi connectivity index (χ4n) is 3.59. The Morgan fingerprint density at radius 2 is 1.03 bits per heavy atom. The monoisotopic (exact) mass is 608 g/mol. The molecule has 0 spiro atoms. The maximum atomic E-state index is 10.3. The number of hydrogen-bond donors (Lipinski definition) is 0. The molecule has 33 heavy (non-hydrogen) atoms. The standard InChI is InChI=1S/2C9H13.2C6H6O.Hf/c2*1-2-3-6-9-7-4-5-8-9;2*7-6-4-2-1-3-5-6;/h2*4,7H,2-3,5-6H2,1H3;2*1-5,7H;/q;;;;+2/p-2. The minimum Gasteiger partial charge on any atom is -0.872 e. The van der Waals surface area contributed by atoms with Crippen LogP contribution in [0.25, 0.3) is 0 Å². The third kappa shape index (κ3) is 11.0. The predicted octanol–water partition coefficient (Wildman–Crippen LogP) is 7.40. The molecule has 0 aromatic heterocycles. The normalized spacial score (nSPS) is 13.9. The van der Waals surface area contributed by atoms with Crippen LogP contribution in [0.1, 0.15) is 65.2 Å². The number of para-hydroxylation sites is 2. The average molecular weight is 607 g/mol. The van der Waals surface area contributed by atoms with Gasteiger partial charge in [0, 0.05) is 0 Å². The van der Waals surface area contributed by atoms with Crippen LogP contribution in [0.15, 0.2) is 103 Å². The molecule has 0 radical (unpaired) electrons. The molecule has 2 nitrogen and oxygen atoms in total. The zero-order chi connectivity index (χ0) is 23.7. The SMILES string of the molecule is CCCCC1=[C]([Hf+2][C]2=C(CCCC)C=CC2)CC=C1.[O-]c1ccccc1.[O-]c1ccccc1. The molecular formula is C30H36HfO2. The van der Waals surface area contributed by atoms with E-state index in [1.54, 1.807) is 35.4 Å². The van der Waals surface area contributed by atoms with Gasteiger partial charge in [-0.15, -0.1) is 11.5 Å². The summed E-state index contributed by atoms with van der Waals surface area (Å²) in [5.41, 5.74) is 3.44. The Morgan fingerprint density at radius 3 is 1.33 bits per heavy atom. The fourth-order valence-corrected chi connectivity index (χ4v) is 9.13. The number of allylic oxidation sites excluding steroid dienone is 8. The molecule has 2 aromatic rings. The van der Waals surface area contributed by atoms with Crippen molar-refractivity contribution in [3.63, 3.8) is 0 Å². The van der Waals surface area contributed by atoms with Crippen LogP contribution in [-0.2, 0) is 22.9 Å². The van der Waals surface area contributed by atoms with Crippen molar-refractivity contribution < 1.29 is 33.1 Å². The number of rotatable bonds is 8. The van der Waals surface area contributed by atoms with Gasteiger partial charge in [-0.3, -0.25) is 0 Å². The molecule has 0 fully saturated rings. The van der Waals surface area contributed by atoms with Crippen LogP contribution < -0.4 is 10.2 Å². The van der Waals surface area contributed by atoms with E-state index >= 15 is 0 Å². The van der Waals surface area contributed by atoms with E-state index in [9.17, 15) is 10.2 Å². The molecule has 0 saturated heterocycles. The molecule has 0 heterocycles. The minimum absolute atomic E-state index is 0.0718. The van der Waals surface area contributed by atoms with Crippen LogP contribution >= 0.6 is 0 Å². The van der Waals surface area contributed by atoms with Gasteiger partial charge in [-0.1, -0.05) is 60.7 Å². The van der Waals surface area contributed by atoms with E-state index in [4.69, 9.17) is 0 Å². The zero-order valence-electron chi connectivity index (χ0n) is 20.1. The van der Waals surface area contributed by atoms with Crippen molar-refractivity contribution in [1.82, 2.24) is 0 Å². The summed E-state index contributed by atoms with van der Waals surface area (Å²) in [5.74, 6) is 0.144. The van der Waals surface area contributed by atoms with Crippen LogP contribution in [-0.4, -0.2) is 0 Å². The molecule has 0 N–H and O–H groups in total. The van der Waals surface area contributed by atoms with E-state index < -0.39 is 22.9 Å². The maximum Gasteiger partial charge on any atom is -0.0623 e. The zero-order valence-corrected chi connectivity index (χ0v) is 23.6. The van der Waals surface area contributed by atoms with Gasteiger partial charge in [0.15, 0.2) is 0 Å². The second-order valence-corrected chi connectivity index (χ2v) is 13.4. The summed E-state index contributed by atoms with van der Waals surface area (Å²) in [4.78, 5) is 0. The topological polar surface area (TPSA) is 46.1 Å². The Morgan fingerprint density at radius 1 is 0.636 bits per heavy atom. The van der Waals surface area contributed by atoms with Crippen LogP contribution in [0.3, 0.4) is 0 Å². The molecule has 2 aromatic carbocycles. The molecule has 0 amide bonds. The second-order valence-electron chi connectivity index (χ2n) is 8.18. The average Bonchev–Trinajstić information content (AvgIpc) is 3.47. The van der Waals surface area contributed by atoms with Crippen molar-refractivity contribution in [2.45, 2.75) is 65.2 Å². The van der Waals surface area contributed by atoms with Gasteiger partial charge in [-0.25, -0.2) is 0 Å². The van der Waals surface area contributed by atoms with Gasteiger partial charge in [0.25, 0.3) is 0 Å². The number of benzene rings is 2. The van der Waals surface area contributed by atoms with Crippen molar-refractivity contribution >= 4 is 0 Å². The molecule has 0 atom stereocenters. The van der Waals surface area contributed by atoms with E-state index in [2.05, 4.69) is 38.2 Å². The molecule has 2 aliphatic rings. The third-order valence-electron chi connectivity index (χ3n) is 5.44. The summed E-state index contributed by atoms with van der Waals surface area (Å²) in [7, 11) is 0. The van der Waals surface area contributed by atoms with Crippen molar-refractivity contribution in [2.24, 2.45) is 0 Å². The molecule has 172 valence electrons. The molecule has 2 aliphatic carbocycles. The predicted molar refractivity (Wildman–Crippen MR) is 132 cm³/mol. The number of unbranched alkanes of at least 4 members (excludes halogenated alkanes) is 2. The first-order chi connectivity index (χ1) is 16.1. The fraction of sp³-hybridized carbons (Fsp3) is 0.333. The van der Waals surface area contributed by atoms with Crippen molar-refractivity contribution in [1.29, 1.82) is 0 Å². The van der Waals surface area contributed by atoms with Gasteiger partial charge in [0.05, 0.1) is 0 Å². The molecule has 4 rings (SSSR count). The molecular weight excluding hydrogens is 571 g/mol. The van der Waals surface area contributed by atoms with Gasteiger partial charge < -0.3 is 10.2 Å². The Kier molecular flexibility index (Phi) is 13.5. The van der Waals surface area contributed by atoms with Crippen LogP contribution in [0.5, 0.6) is 11.5 Å². The summed E-state index contributed by atoms with van der Waals surface area (Å²) in [5, 5.41) is 20.5. The number of hydrogen-bond acceptors (Lipinski definition) is 2. The van der Waals surface area contributed by atoms with E-state index in [0.717, 1.165) is 0 Å². The van der Waals surface area contributed by atoms with E-state index in [-0.39, 0.29) is 11.5 Å². The smallest absolute Gasteiger partial charge is 0.0623 e. The summed E-state index contributed by atoms with van der Waals surface area (Å²) in [6.45, 7) is 4.60. The summed E-state index contributed by atoms with van der Waals surface area (Å²) in [6, 6.07) is 16.7. The minimum atomic E-state index is -0.707. The van der Waals surface area contributed by atoms with Gasteiger partial charge >= 0.3 is 130 Å². The Labute approximate surface area is 211 Å². The summed E-state index contributed by atoms with van der Waals surface area (Å²) in [6.07, 6.45) is 20.3. The Balaban J connectivity index is 0.000000223. The van der Waals surface area contributed by atoms with E-state index in [0.29, 0.717) is 0 Å². The van der Waals surface area contributed by atoms with Crippen molar-refractivity contribution in [2.75, 3.05) is 0 Å². The van der Waals surface area contributed by atoms with E-state index in [1.165, 1.54) is 75.6 Å². The molecule has 0 bridgehead atoms. The van der Waals surface area contributed by atoms with E-state index in [1.807, 2.05) is 18.8 Å². The van der Waals surface area contributed by atoms with Crippen LogP contribution in [0.4, 0.5) is 0 Å². The molecule has 0 aliphatic heterocycles. The van der Waals surface area contributed by atoms with Gasteiger partial charge in [-0.2, -0.15) is 0 Å². The summed E-state index contributed by atoms with van der Waals surface area (Å²) < 4.78 is 3.78. The molecule has 0 unspecified atom stereocenters. The molecule has 0 saturated carbocycles. The second kappa shape index (κ2) is 16.5. The maximum absolute atomic E-state index is 10.3. The first kappa shape index (κ1) is 27.1. The molecule has 3 heteroatoms. The van der Waals surface area contributed by atoms with Crippen LogP contribution in [0.2, 0.25) is 0 Å². The Bertz CT molecular complexity index is 847. The van der Waals surface area contributed by atoms with Gasteiger partial charge in [0.1, 0.15) is 0 Å². The van der Waals surface area contributed by atoms with Gasteiger partial charge in [0.2, 0.25) is 0 Å².